The molecule has 0 saturated heterocycles. The summed E-state index contributed by atoms with van der Waals surface area (Å²) >= 11 is 0. The summed E-state index contributed by atoms with van der Waals surface area (Å²) in [5.74, 6) is 0.975. The monoisotopic (exact) mass is 468 g/mol. The van der Waals surface area contributed by atoms with Gasteiger partial charge in [0.05, 0.1) is 13.2 Å². The van der Waals surface area contributed by atoms with Crippen molar-refractivity contribution in [3.05, 3.63) is 53.6 Å². The molecule has 4 nitrogen and oxygen atoms in total. The normalized spacial score (nSPS) is 18.1. The van der Waals surface area contributed by atoms with Crippen LogP contribution in [0.25, 0.3) is 6.08 Å². The average Bonchev–Trinajstić information content (AvgIpc) is 2.85. The van der Waals surface area contributed by atoms with Crippen molar-refractivity contribution in [2.75, 3.05) is 13.2 Å². The molecule has 0 atom stereocenters. The number of ether oxygens (including phenoxy) is 2. The van der Waals surface area contributed by atoms with Gasteiger partial charge in [0.15, 0.2) is 0 Å². The third-order valence-electron chi connectivity index (χ3n) is 6.75. The van der Waals surface area contributed by atoms with Crippen LogP contribution < -0.4 is 0 Å². The summed E-state index contributed by atoms with van der Waals surface area (Å²) < 4.78 is 10.3. The third kappa shape index (κ3) is 11.2. The Labute approximate surface area is 206 Å². The van der Waals surface area contributed by atoms with Gasteiger partial charge in [0.25, 0.3) is 0 Å². The Balaban J connectivity index is 1.58. The Morgan fingerprint density at radius 3 is 2.18 bits per heavy atom. The Morgan fingerprint density at radius 2 is 1.56 bits per heavy atom. The van der Waals surface area contributed by atoms with Crippen LogP contribution in [0.4, 0.5) is 0 Å². The number of unbranched alkanes of at least 4 members (excludes halogenated alkanes) is 5. The average molecular weight is 469 g/mol. The van der Waals surface area contributed by atoms with Gasteiger partial charge >= 0.3 is 11.9 Å². The van der Waals surface area contributed by atoms with Gasteiger partial charge in [-0.15, -0.1) is 0 Å². The van der Waals surface area contributed by atoms with Crippen molar-refractivity contribution in [2.45, 2.75) is 96.8 Å². The van der Waals surface area contributed by atoms with Crippen LogP contribution in [0.1, 0.15) is 108 Å². The van der Waals surface area contributed by atoms with Gasteiger partial charge in [0, 0.05) is 11.6 Å². The van der Waals surface area contributed by atoms with E-state index in [1.54, 1.807) is 6.92 Å². The second-order valence-electron chi connectivity index (χ2n) is 9.71. The molecule has 0 aromatic heterocycles. The fourth-order valence-corrected chi connectivity index (χ4v) is 4.58. The van der Waals surface area contributed by atoms with E-state index >= 15 is 0 Å². The zero-order chi connectivity index (χ0) is 24.6. The molecule has 0 heterocycles. The summed E-state index contributed by atoms with van der Waals surface area (Å²) in [6, 6.07) is 8.65. The molecular formula is C30H44O4. The van der Waals surface area contributed by atoms with Crippen molar-refractivity contribution < 1.29 is 19.1 Å². The van der Waals surface area contributed by atoms with Gasteiger partial charge in [-0.3, -0.25) is 0 Å². The van der Waals surface area contributed by atoms with Gasteiger partial charge in [-0.25, -0.2) is 9.59 Å². The zero-order valence-corrected chi connectivity index (χ0v) is 21.4. The lowest BCUT2D eigenvalue weighted by Crippen LogP contribution is -2.13. The summed E-state index contributed by atoms with van der Waals surface area (Å²) in [7, 11) is 0. The molecule has 1 aromatic rings. The molecule has 1 fully saturated rings. The second-order valence-corrected chi connectivity index (χ2v) is 9.71. The molecule has 2 rings (SSSR count). The van der Waals surface area contributed by atoms with Crippen molar-refractivity contribution >= 4 is 18.0 Å². The molecule has 1 aliphatic carbocycles. The lowest BCUT2D eigenvalue weighted by Gasteiger charge is -2.29. The molecular weight excluding hydrogens is 424 g/mol. The summed E-state index contributed by atoms with van der Waals surface area (Å²) in [6.45, 7) is 8.29. The maximum absolute atomic E-state index is 12.0. The lowest BCUT2D eigenvalue weighted by molar-refractivity contribution is -0.139. The molecule has 0 amide bonds. The highest BCUT2D eigenvalue weighted by Gasteiger charge is 2.21. The van der Waals surface area contributed by atoms with E-state index in [2.05, 4.69) is 37.8 Å². The van der Waals surface area contributed by atoms with Crippen molar-refractivity contribution in [3.63, 3.8) is 0 Å². The molecule has 1 saturated carbocycles. The first-order valence-corrected chi connectivity index (χ1v) is 13.3. The number of hydrogen-bond donors (Lipinski definition) is 0. The van der Waals surface area contributed by atoms with Crippen LogP contribution in [-0.4, -0.2) is 25.2 Å². The number of esters is 2. The molecule has 0 spiro atoms. The predicted molar refractivity (Wildman–Crippen MR) is 140 cm³/mol. The van der Waals surface area contributed by atoms with Gasteiger partial charge in [-0.2, -0.15) is 0 Å². The van der Waals surface area contributed by atoms with Gasteiger partial charge in [-0.1, -0.05) is 63.5 Å². The summed E-state index contributed by atoms with van der Waals surface area (Å²) in [5, 5.41) is 0. The van der Waals surface area contributed by atoms with Crippen LogP contribution in [0.2, 0.25) is 0 Å². The third-order valence-corrected chi connectivity index (χ3v) is 6.75. The second kappa shape index (κ2) is 16.3. The molecule has 0 aliphatic heterocycles. The number of hydrogen-bond acceptors (Lipinski definition) is 4. The first kappa shape index (κ1) is 27.9. The molecule has 1 aromatic carbocycles. The highest BCUT2D eigenvalue weighted by Crippen LogP contribution is 2.37. The minimum absolute atomic E-state index is 0.305. The van der Waals surface area contributed by atoms with Gasteiger partial charge < -0.3 is 9.47 Å². The minimum atomic E-state index is -0.337. The van der Waals surface area contributed by atoms with Crippen molar-refractivity contribution in [2.24, 2.45) is 5.92 Å². The Kier molecular flexibility index (Phi) is 13.4. The smallest absolute Gasteiger partial charge is 0.333 e. The van der Waals surface area contributed by atoms with Crippen LogP contribution >= 0.6 is 0 Å². The van der Waals surface area contributed by atoms with Gasteiger partial charge in [-0.05, 0) is 87.3 Å². The van der Waals surface area contributed by atoms with Crippen LogP contribution in [0, 0.1) is 5.92 Å². The van der Waals surface area contributed by atoms with Crippen molar-refractivity contribution in [1.29, 1.82) is 0 Å². The Morgan fingerprint density at radius 1 is 0.912 bits per heavy atom. The van der Waals surface area contributed by atoms with Crippen molar-refractivity contribution in [3.8, 4) is 0 Å². The molecule has 0 bridgehead atoms. The first-order valence-electron chi connectivity index (χ1n) is 13.3. The quantitative estimate of drug-likeness (QED) is 0.150. The largest absolute Gasteiger partial charge is 0.463 e. The topological polar surface area (TPSA) is 52.6 Å². The molecule has 34 heavy (non-hydrogen) atoms. The van der Waals surface area contributed by atoms with E-state index in [9.17, 15) is 9.59 Å². The van der Waals surface area contributed by atoms with Crippen LogP contribution in [0.15, 0.2) is 42.5 Å². The SMILES string of the molecule is C=C(C)C(=O)OCCCCCCOC(=O)/C=C/c1ccc(C2CCC(CCCCC)CC2)cc1. The number of benzene rings is 1. The minimum Gasteiger partial charge on any atom is -0.463 e. The fourth-order valence-electron chi connectivity index (χ4n) is 4.58. The van der Waals surface area contributed by atoms with E-state index in [1.165, 1.54) is 63.0 Å². The van der Waals surface area contributed by atoms with Crippen LogP contribution in [0.3, 0.4) is 0 Å². The van der Waals surface area contributed by atoms with E-state index in [0.717, 1.165) is 37.2 Å². The molecule has 0 radical (unpaired) electrons. The summed E-state index contributed by atoms with van der Waals surface area (Å²) in [4.78, 5) is 23.2. The maximum atomic E-state index is 12.0. The predicted octanol–water partition coefficient (Wildman–Crippen LogP) is 7.78. The standard InChI is InChI=1S/C30H44O4/c1-4-5-8-11-25-12-17-27(18-13-25)28-19-14-26(15-20-28)16-21-29(31)33-22-9-6-7-10-23-34-30(32)24(2)3/h14-16,19-21,25,27H,2,4-13,17-18,22-23H2,1,3H3/b21-16+. The van der Waals surface area contributed by atoms with Crippen LogP contribution in [0.5, 0.6) is 0 Å². The van der Waals surface area contributed by atoms with Gasteiger partial charge in [0.2, 0.25) is 0 Å². The van der Waals surface area contributed by atoms with Crippen LogP contribution in [-0.2, 0) is 19.1 Å². The Bertz CT molecular complexity index is 769. The lowest BCUT2D eigenvalue weighted by atomic mass is 9.77. The Hall–Kier alpha value is -2.36. The molecule has 4 heteroatoms. The van der Waals surface area contributed by atoms with E-state index in [-0.39, 0.29) is 11.9 Å². The summed E-state index contributed by atoms with van der Waals surface area (Å²) in [6.07, 6.45) is 17.6. The molecule has 0 N–H and O–H groups in total. The first-order chi connectivity index (χ1) is 16.5. The van der Waals surface area contributed by atoms with E-state index < -0.39 is 0 Å². The molecule has 0 unspecified atom stereocenters. The summed E-state index contributed by atoms with van der Waals surface area (Å²) in [5.41, 5.74) is 2.88. The van der Waals surface area contributed by atoms with Crippen molar-refractivity contribution in [1.82, 2.24) is 0 Å². The highest BCUT2D eigenvalue weighted by atomic mass is 16.5. The number of rotatable bonds is 15. The van der Waals surface area contributed by atoms with Gasteiger partial charge in [0.1, 0.15) is 0 Å². The van der Waals surface area contributed by atoms with E-state index in [0.29, 0.717) is 24.7 Å². The zero-order valence-electron chi connectivity index (χ0n) is 21.4. The van der Waals surface area contributed by atoms with E-state index in [4.69, 9.17) is 9.47 Å². The van der Waals surface area contributed by atoms with E-state index in [1.807, 2.05) is 6.08 Å². The highest BCUT2D eigenvalue weighted by molar-refractivity contribution is 5.87. The maximum Gasteiger partial charge on any atom is 0.333 e. The fraction of sp³-hybridized carbons (Fsp3) is 0.600. The number of carbonyl (C=O) groups is 2. The molecule has 188 valence electrons. The number of carbonyl (C=O) groups excluding carboxylic acids is 2. The molecule has 1 aliphatic rings.